The molecule has 3 N–H and O–H groups in total. The Morgan fingerprint density at radius 1 is 1.42 bits per heavy atom. The van der Waals surface area contributed by atoms with Crippen molar-refractivity contribution in [1.29, 1.82) is 0 Å². The summed E-state index contributed by atoms with van der Waals surface area (Å²) in [5, 5.41) is 3.50. The summed E-state index contributed by atoms with van der Waals surface area (Å²) in [5.74, 6) is 3.18. The average Bonchev–Trinajstić information content (AvgIpc) is 2.55. The summed E-state index contributed by atoms with van der Waals surface area (Å²) >= 11 is 0. The SMILES string of the molecule is C[C@H](CN)NCC1C2CCCC21. The zero-order chi connectivity index (χ0) is 8.55. The summed E-state index contributed by atoms with van der Waals surface area (Å²) in [6, 6.07) is 0.506. The minimum atomic E-state index is 0.506. The van der Waals surface area contributed by atoms with Crippen LogP contribution in [0.2, 0.25) is 0 Å². The van der Waals surface area contributed by atoms with Crippen LogP contribution in [0.5, 0.6) is 0 Å². The Morgan fingerprint density at radius 2 is 2.08 bits per heavy atom. The summed E-state index contributed by atoms with van der Waals surface area (Å²) < 4.78 is 0. The van der Waals surface area contributed by atoms with Crippen molar-refractivity contribution in [2.75, 3.05) is 13.1 Å². The summed E-state index contributed by atoms with van der Waals surface area (Å²) in [5.41, 5.74) is 5.53. The Kier molecular flexibility index (Phi) is 2.37. The highest BCUT2D eigenvalue weighted by molar-refractivity contribution is 5.01. The molecule has 3 atom stereocenters. The van der Waals surface area contributed by atoms with Gasteiger partial charge >= 0.3 is 0 Å². The maximum atomic E-state index is 5.53. The molecule has 0 aromatic heterocycles. The third-order valence-corrected chi connectivity index (χ3v) is 3.64. The van der Waals surface area contributed by atoms with E-state index in [1.54, 1.807) is 0 Å². The average molecular weight is 168 g/mol. The van der Waals surface area contributed by atoms with Gasteiger partial charge in [-0.2, -0.15) is 0 Å². The van der Waals surface area contributed by atoms with Gasteiger partial charge in [0.2, 0.25) is 0 Å². The van der Waals surface area contributed by atoms with Gasteiger partial charge in [0, 0.05) is 12.6 Å². The summed E-state index contributed by atoms with van der Waals surface area (Å²) in [6.45, 7) is 4.15. The van der Waals surface area contributed by atoms with E-state index in [2.05, 4.69) is 12.2 Å². The zero-order valence-electron chi connectivity index (χ0n) is 7.92. The molecule has 2 fully saturated rings. The minimum Gasteiger partial charge on any atom is -0.329 e. The van der Waals surface area contributed by atoms with Crippen molar-refractivity contribution in [3.63, 3.8) is 0 Å². The van der Waals surface area contributed by atoms with Crippen LogP contribution in [-0.4, -0.2) is 19.1 Å². The maximum absolute atomic E-state index is 5.53. The van der Waals surface area contributed by atoms with Crippen LogP contribution in [0.3, 0.4) is 0 Å². The molecule has 0 heterocycles. The number of rotatable bonds is 4. The molecule has 0 radical (unpaired) electrons. The van der Waals surface area contributed by atoms with Crippen molar-refractivity contribution in [2.24, 2.45) is 23.5 Å². The zero-order valence-corrected chi connectivity index (χ0v) is 7.92. The molecule has 0 saturated heterocycles. The predicted molar refractivity (Wildman–Crippen MR) is 50.8 cm³/mol. The predicted octanol–water partition coefficient (Wildman–Crippen LogP) is 0.969. The van der Waals surface area contributed by atoms with Crippen LogP contribution in [0.25, 0.3) is 0 Å². The number of nitrogens with two attached hydrogens (primary N) is 1. The van der Waals surface area contributed by atoms with Gasteiger partial charge in [0.1, 0.15) is 0 Å². The lowest BCUT2D eigenvalue weighted by molar-refractivity contribution is 0.485. The van der Waals surface area contributed by atoms with E-state index in [4.69, 9.17) is 5.73 Å². The van der Waals surface area contributed by atoms with Gasteiger partial charge in [-0.3, -0.25) is 0 Å². The molecule has 0 aliphatic heterocycles. The van der Waals surface area contributed by atoms with Crippen molar-refractivity contribution in [1.82, 2.24) is 5.32 Å². The lowest BCUT2D eigenvalue weighted by Gasteiger charge is -2.11. The molecular formula is C10H20N2. The van der Waals surface area contributed by atoms with Gasteiger partial charge in [0.25, 0.3) is 0 Å². The normalized spacial score (nSPS) is 41.0. The van der Waals surface area contributed by atoms with Crippen LogP contribution in [0.15, 0.2) is 0 Å². The highest BCUT2D eigenvalue weighted by atomic mass is 14.9. The van der Waals surface area contributed by atoms with E-state index in [1.165, 1.54) is 25.8 Å². The van der Waals surface area contributed by atoms with Crippen molar-refractivity contribution >= 4 is 0 Å². The Balaban J connectivity index is 1.63. The second-order valence-electron chi connectivity index (χ2n) is 4.47. The summed E-state index contributed by atoms with van der Waals surface area (Å²) in [6.07, 6.45) is 4.47. The number of nitrogens with one attached hydrogen (secondary N) is 1. The van der Waals surface area contributed by atoms with Gasteiger partial charge in [-0.25, -0.2) is 0 Å². The van der Waals surface area contributed by atoms with Crippen LogP contribution in [-0.2, 0) is 0 Å². The first kappa shape index (κ1) is 8.52. The van der Waals surface area contributed by atoms with Crippen molar-refractivity contribution in [3.8, 4) is 0 Å². The Labute approximate surface area is 74.9 Å². The van der Waals surface area contributed by atoms with Crippen molar-refractivity contribution in [2.45, 2.75) is 32.2 Å². The first-order valence-electron chi connectivity index (χ1n) is 5.26. The van der Waals surface area contributed by atoms with E-state index in [-0.39, 0.29) is 0 Å². The molecule has 0 aromatic rings. The molecule has 2 nitrogen and oxygen atoms in total. The summed E-state index contributed by atoms with van der Waals surface area (Å²) in [4.78, 5) is 0. The van der Waals surface area contributed by atoms with Crippen molar-refractivity contribution < 1.29 is 0 Å². The van der Waals surface area contributed by atoms with E-state index in [1.807, 2.05) is 0 Å². The lowest BCUT2D eigenvalue weighted by Crippen LogP contribution is -2.35. The smallest absolute Gasteiger partial charge is 0.0162 e. The third-order valence-electron chi connectivity index (χ3n) is 3.64. The number of hydrogen-bond donors (Lipinski definition) is 2. The molecule has 0 spiro atoms. The van der Waals surface area contributed by atoms with Crippen LogP contribution in [0, 0.1) is 17.8 Å². The molecule has 0 aromatic carbocycles. The molecule has 2 aliphatic rings. The minimum absolute atomic E-state index is 0.506. The molecule has 2 rings (SSSR count). The van der Waals surface area contributed by atoms with Gasteiger partial charge < -0.3 is 11.1 Å². The molecule has 70 valence electrons. The Hall–Kier alpha value is -0.0800. The van der Waals surface area contributed by atoms with Gasteiger partial charge in [-0.1, -0.05) is 6.42 Å². The van der Waals surface area contributed by atoms with Gasteiger partial charge in [0.05, 0.1) is 0 Å². The molecule has 12 heavy (non-hydrogen) atoms. The van der Waals surface area contributed by atoms with E-state index in [0.29, 0.717) is 6.04 Å². The van der Waals surface area contributed by atoms with E-state index < -0.39 is 0 Å². The molecular weight excluding hydrogens is 148 g/mol. The quantitative estimate of drug-likeness (QED) is 0.656. The molecule has 2 unspecified atom stereocenters. The fourth-order valence-electron chi connectivity index (χ4n) is 2.69. The standard InChI is InChI=1S/C10H20N2/c1-7(5-11)12-6-10-8-3-2-4-9(8)10/h7-10,12H,2-6,11H2,1H3/t7-,8?,9?,10?/m1/s1. The molecule has 2 saturated carbocycles. The maximum Gasteiger partial charge on any atom is 0.0162 e. The van der Waals surface area contributed by atoms with Crippen LogP contribution in [0.4, 0.5) is 0 Å². The van der Waals surface area contributed by atoms with E-state index in [0.717, 1.165) is 24.3 Å². The summed E-state index contributed by atoms with van der Waals surface area (Å²) in [7, 11) is 0. The lowest BCUT2D eigenvalue weighted by atomic mass is 10.1. The third kappa shape index (κ3) is 1.50. The van der Waals surface area contributed by atoms with Crippen LogP contribution >= 0.6 is 0 Å². The molecule has 2 heteroatoms. The van der Waals surface area contributed by atoms with Gasteiger partial charge in [0.15, 0.2) is 0 Å². The molecule has 0 bridgehead atoms. The first-order chi connectivity index (χ1) is 5.83. The van der Waals surface area contributed by atoms with Gasteiger partial charge in [-0.05, 0) is 44.1 Å². The highest BCUT2D eigenvalue weighted by Gasteiger charge is 2.51. The molecule has 0 amide bonds. The first-order valence-corrected chi connectivity index (χ1v) is 5.26. The topological polar surface area (TPSA) is 38.0 Å². The Morgan fingerprint density at radius 3 is 2.67 bits per heavy atom. The largest absolute Gasteiger partial charge is 0.329 e. The van der Waals surface area contributed by atoms with Crippen LogP contribution < -0.4 is 11.1 Å². The van der Waals surface area contributed by atoms with Crippen LogP contribution in [0.1, 0.15) is 26.2 Å². The van der Waals surface area contributed by atoms with Crippen molar-refractivity contribution in [3.05, 3.63) is 0 Å². The second-order valence-corrected chi connectivity index (χ2v) is 4.47. The number of fused-ring (bicyclic) bond motifs is 1. The highest BCUT2D eigenvalue weighted by Crippen LogP contribution is 2.56. The molecule has 2 aliphatic carbocycles. The fraction of sp³-hybridized carbons (Fsp3) is 1.00. The monoisotopic (exact) mass is 168 g/mol. The van der Waals surface area contributed by atoms with E-state index >= 15 is 0 Å². The Bertz CT molecular complexity index is 148. The van der Waals surface area contributed by atoms with Gasteiger partial charge in [-0.15, -0.1) is 0 Å². The fourth-order valence-corrected chi connectivity index (χ4v) is 2.69. The van der Waals surface area contributed by atoms with E-state index in [9.17, 15) is 0 Å². The number of hydrogen-bond acceptors (Lipinski definition) is 2. The second kappa shape index (κ2) is 3.35.